The third kappa shape index (κ3) is 4.92. The number of amidine groups is 1. The highest BCUT2D eigenvalue weighted by Gasteiger charge is 2.56. The molecule has 1 saturated carbocycles. The van der Waals surface area contributed by atoms with Gasteiger partial charge in [0.25, 0.3) is 0 Å². The molecule has 2 atom stereocenters. The fraction of sp³-hybridized carbons (Fsp3) is 0.100. The van der Waals surface area contributed by atoms with Crippen LogP contribution in [-0.4, -0.2) is 16.5 Å². The van der Waals surface area contributed by atoms with Crippen molar-refractivity contribution in [2.75, 3.05) is 0 Å². The second kappa shape index (κ2) is 11.8. The van der Waals surface area contributed by atoms with Crippen molar-refractivity contribution in [2.45, 2.75) is 24.8 Å². The molecule has 8 aromatic carbocycles. The van der Waals surface area contributed by atoms with Gasteiger partial charge in [-0.2, -0.15) is 0 Å². The summed E-state index contributed by atoms with van der Waals surface area (Å²) in [5, 5.41) is 10.9. The minimum Gasteiger partial charge on any atom is -0.256 e. The Bertz CT molecular complexity index is 2970. The third-order valence-electron chi connectivity index (χ3n) is 11.8. The molecule has 11 rings (SSSR count). The van der Waals surface area contributed by atoms with E-state index in [2.05, 4.69) is 164 Å². The first-order valence-electron chi connectivity index (χ1n) is 18.7. The molecule has 0 saturated heterocycles. The molecule has 0 amide bonds. The minimum atomic E-state index is -0.318. The molecule has 9 aromatic rings. The van der Waals surface area contributed by atoms with Crippen LogP contribution in [0.5, 0.6) is 0 Å². The molecule has 250 valence electrons. The van der Waals surface area contributed by atoms with Crippen LogP contribution in [-0.2, 0) is 5.54 Å². The van der Waals surface area contributed by atoms with E-state index in [1.54, 1.807) is 0 Å². The lowest BCUT2D eigenvalue weighted by Gasteiger charge is -2.21. The Morgan fingerprint density at radius 1 is 0.509 bits per heavy atom. The number of fused-ring (bicyclic) bond motifs is 9. The Morgan fingerprint density at radius 2 is 1.17 bits per heavy atom. The van der Waals surface area contributed by atoms with Crippen molar-refractivity contribution in [2.24, 2.45) is 15.9 Å². The SMILES string of the molecule is c1ccc(-c2ccc(C34CC3CC/C(c3ccc5ccc6ccccc6c5c3)=N\C(c3cccc5ncc6ccc7ccccc7c6c35)=N/4)cc2)cc1. The Balaban J connectivity index is 1.15. The van der Waals surface area contributed by atoms with E-state index in [1.807, 2.05) is 6.20 Å². The second-order valence-corrected chi connectivity index (χ2v) is 14.7. The second-order valence-electron chi connectivity index (χ2n) is 14.7. The zero-order chi connectivity index (χ0) is 34.9. The molecule has 3 nitrogen and oxygen atoms in total. The quantitative estimate of drug-likeness (QED) is 0.171. The lowest BCUT2D eigenvalue weighted by Crippen LogP contribution is -2.17. The average Bonchev–Trinajstić information content (AvgIpc) is 3.92. The number of aromatic nitrogens is 1. The minimum absolute atomic E-state index is 0.318. The van der Waals surface area contributed by atoms with Crippen molar-refractivity contribution >= 4 is 65.5 Å². The molecule has 53 heavy (non-hydrogen) atoms. The fourth-order valence-electron chi connectivity index (χ4n) is 8.92. The van der Waals surface area contributed by atoms with Gasteiger partial charge in [-0.25, -0.2) is 4.99 Å². The van der Waals surface area contributed by atoms with Crippen LogP contribution in [0.25, 0.3) is 65.1 Å². The Morgan fingerprint density at radius 3 is 2.00 bits per heavy atom. The molecule has 0 radical (unpaired) electrons. The summed E-state index contributed by atoms with van der Waals surface area (Å²) < 4.78 is 0. The molecule has 0 N–H and O–H groups in total. The number of nitrogens with zero attached hydrogens (tertiary/aromatic N) is 3. The molecule has 2 heterocycles. The third-order valence-corrected chi connectivity index (χ3v) is 11.8. The van der Waals surface area contributed by atoms with Crippen molar-refractivity contribution < 1.29 is 0 Å². The van der Waals surface area contributed by atoms with Gasteiger partial charge in [-0.05, 0) is 91.9 Å². The summed E-state index contributed by atoms with van der Waals surface area (Å²) in [5.41, 5.74) is 7.65. The van der Waals surface area contributed by atoms with Crippen LogP contribution < -0.4 is 0 Å². The Kier molecular flexibility index (Phi) is 6.72. The molecule has 1 fully saturated rings. The monoisotopic (exact) mass is 677 g/mol. The first kappa shape index (κ1) is 30.2. The van der Waals surface area contributed by atoms with E-state index >= 15 is 0 Å². The molecule has 1 aliphatic heterocycles. The van der Waals surface area contributed by atoms with E-state index in [-0.39, 0.29) is 5.54 Å². The summed E-state index contributed by atoms with van der Waals surface area (Å²) in [4.78, 5) is 16.5. The van der Waals surface area contributed by atoms with E-state index in [0.717, 1.165) is 58.2 Å². The van der Waals surface area contributed by atoms with Crippen molar-refractivity contribution in [3.8, 4) is 11.1 Å². The zero-order valence-electron chi connectivity index (χ0n) is 29.2. The Labute approximate surface area is 308 Å². The van der Waals surface area contributed by atoms with Crippen molar-refractivity contribution in [1.29, 1.82) is 0 Å². The molecule has 0 bridgehead atoms. The highest BCUT2D eigenvalue weighted by atomic mass is 15.0. The van der Waals surface area contributed by atoms with Crippen LogP contribution >= 0.6 is 0 Å². The number of pyridine rings is 1. The summed E-state index contributed by atoms with van der Waals surface area (Å²) in [7, 11) is 0. The molecular formula is C50H35N3. The van der Waals surface area contributed by atoms with E-state index < -0.39 is 0 Å². The average molecular weight is 678 g/mol. The predicted molar refractivity (Wildman–Crippen MR) is 222 cm³/mol. The van der Waals surface area contributed by atoms with E-state index in [9.17, 15) is 0 Å². The van der Waals surface area contributed by atoms with Crippen LogP contribution in [0.15, 0.2) is 180 Å². The number of hydrogen-bond acceptors (Lipinski definition) is 3. The number of hydrogen-bond donors (Lipinski definition) is 0. The maximum absolute atomic E-state index is 5.81. The van der Waals surface area contributed by atoms with Gasteiger partial charge >= 0.3 is 0 Å². The summed E-state index contributed by atoms with van der Waals surface area (Å²) >= 11 is 0. The van der Waals surface area contributed by atoms with Crippen molar-refractivity contribution in [3.63, 3.8) is 0 Å². The number of rotatable bonds is 4. The van der Waals surface area contributed by atoms with Crippen LogP contribution in [0.2, 0.25) is 0 Å². The summed E-state index contributed by atoms with van der Waals surface area (Å²) in [6.45, 7) is 0. The lowest BCUT2D eigenvalue weighted by atomic mass is 9.93. The van der Waals surface area contributed by atoms with Gasteiger partial charge in [0.15, 0.2) is 5.84 Å². The van der Waals surface area contributed by atoms with E-state index in [1.165, 1.54) is 54.4 Å². The van der Waals surface area contributed by atoms with Crippen molar-refractivity contribution in [1.82, 2.24) is 4.98 Å². The predicted octanol–water partition coefficient (Wildman–Crippen LogP) is 12.5. The van der Waals surface area contributed by atoms with Gasteiger partial charge in [0.2, 0.25) is 0 Å². The van der Waals surface area contributed by atoms with Crippen LogP contribution in [0.3, 0.4) is 0 Å². The molecular weight excluding hydrogens is 643 g/mol. The van der Waals surface area contributed by atoms with E-state index in [4.69, 9.17) is 15.0 Å². The van der Waals surface area contributed by atoms with Gasteiger partial charge in [0.05, 0.1) is 16.8 Å². The summed E-state index contributed by atoms with van der Waals surface area (Å²) in [6, 6.07) is 59.3. The van der Waals surface area contributed by atoms with Crippen LogP contribution in [0.4, 0.5) is 0 Å². The fourth-order valence-corrected chi connectivity index (χ4v) is 8.92. The smallest absolute Gasteiger partial charge is 0.156 e. The highest BCUT2D eigenvalue weighted by Crippen LogP contribution is 2.59. The van der Waals surface area contributed by atoms with Gasteiger partial charge in [0.1, 0.15) is 0 Å². The number of aliphatic imine (C=N–C) groups is 2. The van der Waals surface area contributed by atoms with E-state index in [0.29, 0.717) is 5.92 Å². The van der Waals surface area contributed by atoms with Crippen molar-refractivity contribution in [3.05, 3.63) is 187 Å². The largest absolute Gasteiger partial charge is 0.256 e. The van der Waals surface area contributed by atoms with Gasteiger partial charge in [0, 0.05) is 27.9 Å². The first-order valence-corrected chi connectivity index (χ1v) is 18.7. The maximum atomic E-state index is 5.81. The maximum Gasteiger partial charge on any atom is 0.156 e. The molecule has 1 aliphatic carbocycles. The standard InChI is InChI=1S/C50H35N3/c1-2-9-32(10-3-1)33-23-25-39(26-24-33)50-30-40(50)27-28-45(37-21-19-36-18-17-34-11-4-6-13-41(34)44(36)29-37)52-49(53-50)43-15-8-16-46-48(43)47-38(31-51-46)22-20-35-12-5-7-14-42(35)47/h1-26,29,31,40H,27-28,30H2/b52-45+,53-49-. The summed E-state index contributed by atoms with van der Waals surface area (Å²) in [5.74, 6) is 1.22. The molecule has 3 heteroatoms. The zero-order valence-corrected chi connectivity index (χ0v) is 29.2. The summed E-state index contributed by atoms with van der Waals surface area (Å²) in [6.07, 6.45) is 4.94. The van der Waals surface area contributed by atoms with Gasteiger partial charge in [-0.1, -0.05) is 152 Å². The van der Waals surface area contributed by atoms with Gasteiger partial charge in [-0.3, -0.25) is 9.98 Å². The topological polar surface area (TPSA) is 37.6 Å². The molecule has 2 unspecified atom stereocenters. The van der Waals surface area contributed by atoms with Gasteiger partial charge < -0.3 is 0 Å². The van der Waals surface area contributed by atoms with Crippen LogP contribution in [0, 0.1) is 5.92 Å². The molecule has 1 aromatic heterocycles. The molecule has 2 aliphatic rings. The highest BCUT2D eigenvalue weighted by molar-refractivity contribution is 6.27. The lowest BCUT2D eigenvalue weighted by molar-refractivity contribution is 0.601. The normalized spacial score (nSPS) is 20.4. The van der Waals surface area contributed by atoms with Gasteiger partial charge in [-0.15, -0.1) is 0 Å². The van der Waals surface area contributed by atoms with Crippen LogP contribution in [0.1, 0.15) is 36.0 Å². The number of benzene rings is 8. The Hall–Kier alpha value is -6.45. The molecule has 0 spiro atoms. The first-order chi connectivity index (χ1) is 26.2.